The molecule has 3 aliphatic carbocycles. The number of phenols is 1. The van der Waals surface area contributed by atoms with Crippen LogP contribution in [0.25, 0.3) is 5.57 Å². The lowest BCUT2D eigenvalue weighted by Crippen LogP contribution is -2.58. The number of allylic oxidation sites excluding steroid dienone is 4. The lowest BCUT2D eigenvalue weighted by molar-refractivity contribution is -0.135. The van der Waals surface area contributed by atoms with Gasteiger partial charge in [-0.15, -0.1) is 0 Å². The Balaban J connectivity index is 1.37. The van der Waals surface area contributed by atoms with E-state index in [1.807, 2.05) is 91.9 Å². The second-order valence-electron chi connectivity index (χ2n) is 13.3. The molecule has 4 aromatic rings. The first-order valence-corrected chi connectivity index (χ1v) is 16.6. The van der Waals surface area contributed by atoms with E-state index in [-0.39, 0.29) is 35.6 Å². The first-order chi connectivity index (χ1) is 23.2. The Hall–Kier alpha value is -5.07. The molecule has 1 N–H and O–H groups in total. The Kier molecular flexibility index (Phi) is 7.11. The van der Waals surface area contributed by atoms with Gasteiger partial charge in [-0.2, -0.15) is 0 Å². The van der Waals surface area contributed by atoms with Crippen LogP contribution < -0.4 is 4.90 Å². The number of amides is 2. The molecule has 1 aliphatic heterocycles. The molecule has 48 heavy (non-hydrogen) atoms. The van der Waals surface area contributed by atoms with Crippen LogP contribution in [-0.4, -0.2) is 28.5 Å². The number of ketones is 2. The first-order valence-electron chi connectivity index (χ1n) is 16.3. The number of halogens is 1. The van der Waals surface area contributed by atoms with E-state index in [2.05, 4.69) is 0 Å². The van der Waals surface area contributed by atoms with Gasteiger partial charge in [-0.3, -0.25) is 24.1 Å². The number of nitrogens with zero attached hydrogens (tertiary/aromatic N) is 1. The van der Waals surface area contributed by atoms with Crippen molar-refractivity contribution >= 4 is 46.2 Å². The lowest BCUT2D eigenvalue weighted by atomic mass is 9.44. The summed E-state index contributed by atoms with van der Waals surface area (Å²) in [6.45, 7) is 1.81. The number of anilines is 1. The molecule has 2 amide bonds. The van der Waals surface area contributed by atoms with Gasteiger partial charge in [0.25, 0.3) is 0 Å². The number of imide groups is 1. The molecule has 0 unspecified atom stereocenters. The lowest BCUT2D eigenvalue weighted by Gasteiger charge is -2.55. The molecule has 1 heterocycles. The van der Waals surface area contributed by atoms with Gasteiger partial charge in [0.2, 0.25) is 11.8 Å². The molecule has 1 saturated carbocycles. The molecule has 1 saturated heterocycles. The zero-order valence-electron chi connectivity index (χ0n) is 26.2. The summed E-state index contributed by atoms with van der Waals surface area (Å²) in [5.74, 6) is -4.46. The molecule has 8 rings (SSSR count). The molecule has 4 aliphatic rings. The number of para-hydroxylation sites is 1. The number of hydrogen-bond acceptors (Lipinski definition) is 5. The summed E-state index contributed by atoms with van der Waals surface area (Å²) in [5.41, 5.74) is 2.71. The largest absolute Gasteiger partial charge is 0.507 e. The second-order valence-corrected chi connectivity index (χ2v) is 13.7. The van der Waals surface area contributed by atoms with Gasteiger partial charge >= 0.3 is 0 Å². The van der Waals surface area contributed by atoms with E-state index < -0.39 is 35.0 Å². The van der Waals surface area contributed by atoms with Crippen molar-refractivity contribution in [2.45, 2.75) is 31.1 Å². The van der Waals surface area contributed by atoms with Crippen molar-refractivity contribution in [3.63, 3.8) is 0 Å². The van der Waals surface area contributed by atoms with E-state index in [0.29, 0.717) is 45.0 Å². The van der Waals surface area contributed by atoms with Gasteiger partial charge in [-0.1, -0.05) is 102 Å². The van der Waals surface area contributed by atoms with Crippen LogP contribution in [0.1, 0.15) is 41.0 Å². The number of aryl methyl sites for hydroxylation is 1. The summed E-state index contributed by atoms with van der Waals surface area (Å²) in [6.07, 6.45) is 3.99. The van der Waals surface area contributed by atoms with Crippen molar-refractivity contribution < 1.29 is 24.3 Å². The number of aromatic hydroxyl groups is 1. The summed E-state index contributed by atoms with van der Waals surface area (Å²) in [5, 5.41) is 12.2. The van der Waals surface area contributed by atoms with Crippen molar-refractivity contribution in [1.82, 2.24) is 0 Å². The monoisotopic (exact) mass is 653 g/mol. The molecule has 7 heteroatoms. The van der Waals surface area contributed by atoms with Gasteiger partial charge in [0.1, 0.15) is 5.75 Å². The van der Waals surface area contributed by atoms with Gasteiger partial charge in [0.15, 0.2) is 11.6 Å². The van der Waals surface area contributed by atoms with E-state index in [4.69, 9.17) is 11.6 Å². The van der Waals surface area contributed by atoms with Crippen LogP contribution in [0.5, 0.6) is 5.75 Å². The van der Waals surface area contributed by atoms with E-state index in [9.17, 15) is 19.5 Å². The number of phenolic OH excluding ortho intramolecular Hbond substituents is 1. The minimum Gasteiger partial charge on any atom is -0.507 e. The summed E-state index contributed by atoms with van der Waals surface area (Å²) in [6, 6.07) is 30.7. The first kappa shape index (κ1) is 30.3. The Bertz CT molecular complexity index is 2070. The molecular weight excluding hydrogens is 622 g/mol. The second kappa shape index (κ2) is 11.3. The average molecular weight is 654 g/mol. The highest BCUT2D eigenvalue weighted by atomic mass is 35.5. The third-order valence-corrected chi connectivity index (χ3v) is 11.3. The van der Waals surface area contributed by atoms with Crippen molar-refractivity contribution in [3.05, 3.63) is 148 Å². The van der Waals surface area contributed by atoms with Crippen LogP contribution in [0.4, 0.5) is 5.69 Å². The molecule has 0 spiro atoms. The highest BCUT2D eigenvalue weighted by Gasteiger charge is 2.66. The Labute approximate surface area is 283 Å². The molecule has 238 valence electrons. The summed E-state index contributed by atoms with van der Waals surface area (Å²) in [7, 11) is 0. The Morgan fingerprint density at radius 2 is 1.48 bits per heavy atom. The van der Waals surface area contributed by atoms with Crippen molar-refractivity contribution in [2.75, 3.05) is 4.90 Å². The molecule has 4 aromatic carbocycles. The minimum atomic E-state index is -1.39. The van der Waals surface area contributed by atoms with E-state index >= 15 is 4.79 Å². The maximum Gasteiger partial charge on any atom is 0.238 e. The van der Waals surface area contributed by atoms with Gasteiger partial charge in [0.05, 0.1) is 22.9 Å². The van der Waals surface area contributed by atoms with Crippen LogP contribution in [-0.2, 0) is 24.6 Å². The number of fused-ring (bicyclic) bond motifs is 4. The quantitative estimate of drug-likeness (QED) is 0.183. The SMILES string of the molecule is Cc1cccc([C@H]2C3=CC[C@@H]4C(=O)N(c5ccc(Cl)cc5)C(=O)[C@@H]4[C@@H]3C[C@H]3C(=O)C(c4ccccc4)=CC(=O)[C@@]23c2ccccc2)c1O. The van der Waals surface area contributed by atoms with Gasteiger partial charge in [0, 0.05) is 28.0 Å². The van der Waals surface area contributed by atoms with Crippen LogP contribution in [0.2, 0.25) is 5.02 Å². The van der Waals surface area contributed by atoms with E-state index in [1.54, 1.807) is 24.3 Å². The zero-order valence-corrected chi connectivity index (χ0v) is 26.9. The fourth-order valence-corrected chi connectivity index (χ4v) is 9.10. The van der Waals surface area contributed by atoms with Crippen molar-refractivity contribution in [3.8, 4) is 5.75 Å². The average Bonchev–Trinajstić information content (AvgIpc) is 3.37. The number of carbonyl (C=O) groups is 4. The Morgan fingerprint density at radius 1 is 0.792 bits per heavy atom. The molecule has 0 aromatic heterocycles. The van der Waals surface area contributed by atoms with Crippen molar-refractivity contribution in [1.29, 1.82) is 0 Å². The number of benzene rings is 4. The smallest absolute Gasteiger partial charge is 0.238 e. The van der Waals surface area contributed by atoms with Crippen LogP contribution in [0.15, 0.2) is 121 Å². The number of carbonyl (C=O) groups excluding carboxylic acids is 4. The van der Waals surface area contributed by atoms with Gasteiger partial charge < -0.3 is 5.11 Å². The fraction of sp³-hybridized carbons (Fsp3) is 0.220. The number of hydrogen-bond donors (Lipinski definition) is 1. The molecular formula is C41H32ClNO5. The summed E-state index contributed by atoms with van der Waals surface area (Å²) in [4.78, 5) is 59.7. The third kappa shape index (κ3) is 4.25. The Morgan fingerprint density at radius 3 is 2.19 bits per heavy atom. The van der Waals surface area contributed by atoms with Crippen LogP contribution in [0.3, 0.4) is 0 Å². The van der Waals surface area contributed by atoms with E-state index in [0.717, 1.165) is 5.57 Å². The highest BCUT2D eigenvalue weighted by molar-refractivity contribution is 6.32. The molecule has 2 fully saturated rings. The predicted molar refractivity (Wildman–Crippen MR) is 183 cm³/mol. The molecule has 6 atom stereocenters. The third-order valence-electron chi connectivity index (χ3n) is 11.0. The van der Waals surface area contributed by atoms with Gasteiger partial charge in [-0.25, -0.2) is 0 Å². The number of Topliss-reactive ketones (excluding diaryl/α,β-unsaturated/α-hetero) is 1. The van der Waals surface area contributed by atoms with Crippen LogP contribution >= 0.6 is 11.6 Å². The maximum atomic E-state index is 15.1. The van der Waals surface area contributed by atoms with Crippen LogP contribution in [0, 0.1) is 30.6 Å². The molecule has 6 nitrogen and oxygen atoms in total. The minimum absolute atomic E-state index is 0.0509. The fourth-order valence-electron chi connectivity index (χ4n) is 8.98. The molecule has 0 radical (unpaired) electrons. The van der Waals surface area contributed by atoms with Crippen molar-refractivity contribution in [2.24, 2.45) is 23.7 Å². The zero-order chi connectivity index (χ0) is 33.3. The molecule has 0 bridgehead atoms. The normalized spacial score (nSPS) is 28.0. The highest BCUT2D eigenvalue weighted by Crippen LogP contribution is 2.64. The summed E-state index contributed by atoms with van der Waals surface area (Å²) >= 11 is 6.13. The maximum absolute atomic E-state index is 15.1. The van der Waals surface area contributed by atoms with Gasteiger partial charge in [-0.05, 0) is 72.7 Å². The summed E-state index contributed by atoms with van der Waals surface area (Å²) < 4.78 is 0. The standard InChI is InChI=1S/C41H32ClNO5/c1-23-9-8-14-30(37(23)45)36-28-19-20-29-35(40(48)43(39(29)47)27-17-15-26(42)16-18-27)32(28)21-33-38(46)31(24-10-4-2-5-11-24)22-34(44)41(33,36)25-12-6-3-7-13-25/h2-19,22,29,32-33,35-36,45H,20-21H2,1H3/t29-,32+,33-,35-,36+,41-/m0/s1. The predicted octanol–water partition coefficient (Wildman–Crippen LogP) is 7.38. The topological polar surface area (TPSA) is 91.8 Å². The van der Waals surface area contributed by atoms with E-state index in [1.165, 1.54) is 11.0 Å². The number of rotatable bonds is 4.